The second-order valence-corrected chi connectivity index (χ2v) is 5.56. The van der Waals surface area contributed by atoms with Crippen LogP contribution in [0.1, 0.15) is 31.3 Å². The molecule has 0 spiro atoms. The highest BCUT2D eigenvalue weighted by Gasteiger charge is 2.26. The maximum Gasteiger partial charge on any atom is 0.357 e. The molecule has 0 atom stereocenters. The lowest BCUT2D eigenvalue weighted by Gasteiger charge is -2.19. The van der Waals surface area contributed by atoms with Crippen molar-refractivity contribution in [3.8, 4) is 17.0 Å². The molecule has 2 rings (SSSR count). The van der Waals surface area contributed by atoms with Crippen LogP contribution in [0.5, 0.6) is 5.75 Å². The number of nitrogens with zero attached hydrogens (tertiary/aromatic N) is 3. The predicted molar refractivity (Wildman–Crippen MR) is 73.2 cm³/mol. The first-order chi connectivity index (χ1) is 9.69. The number of aryl methyl sites for hydroxylation is 1. The Morgan fingerprint density at radius 3 is 2.62 bits per heavy atom. The van der Waals surface area contributed by atoms with E-state index in [9.17, 15) is 14.3 Å². The fourth-order valence-corrected chi connectivity index (χ4v) is 1.81. The minimum atomic E-state index is -0.743. The SMILES string of the molecule is Cn1ncc(-c2ncc(O)cc2F)c1C(=O)OC(C)(C)C. The topological polar surface area (TPSA) is 77.2 Å². The van der Waals surface area contributed by atoms with Crippen LogP contribution in [0.4, 0.5) is 4.39 Å². The van der Waals surface area contributed by atoms with Crippen LogP contribution >= 0.6 is 0 Å². The van der Waals surface area contributed by atoms with Gasteiger partial charge in [-0.1, -0.05) is 0 Å². The molecule has 0 saturated heterocycles. The molecule has 0 bridgehead atoms. The summed E-state index contributed by atoms with van der Waals surface area (Å²) in [7, 11) is 1.56. The van der Waals surface area contributed by atoms with E-state index in [1.807, 2.05) is 0 Å². The average molecular weight is 293 g/mol. The minimum Gasteiger partial charge on any atom is -0.506 e. The van der Waals surface area contributed by atoms with Crippen LogP contribution in [-0.2, 0) is 11.8 Å². The van der Waals surface area contributed by atoms with Crippen molar-refractivity contribution in [3.05, 3.63) is 30.0 Å². The highest BCUT2D eigenvalue weighted by molar-refractivity contribution is 5.95. The number of hydrogen-bond acceptors (Lipinski definition) is 5. The van der Waals surface area contributed by atoms with Crippen molar-refractivity contribution in [2.45, 2.75) is 26.4 Å². The molecule has 0 saturated carbocycles. The number of hydrogen-bond donors (Lipinski definition) is 1. The van der Waals surface area contributed by atoms with E-state index in [2.05, 4.69) is 10.1 Å². The van der Waals surface area contributed by atoms with Crippen molar-refractivity contribution in [3.63, 3.8) is 0 Å². The molecule has 0 radical (unpaired) electrons. The number of pyridine rings is 1. The van der Waals surface area contributed by atoms with E-state index in [1.54, 1.807) is 27.8 Å². The van der Waals surface area contributed by atoms with Crippen molar-refractivity contribution < 1.29 is 19.0 Å². The van der Waals surface area contributed by atoms with Gasteiger partial charge >= 0.3 is 5.97 Å². The van der Waals surface area contributed by atoms with E-state index in [4.69, 9.17) is 4.74 Å². The third-order valence-electron chi connectivity index (χ3n) is 2.61. The van der Waals surface area contributed by atoms with Crippen molar-refractivity contribution in [1.82, 2.24) is 14.8 Å². The largest absolute Gasteiger partial charge is 0.506 e. The molecule has 2 heterocycles. The zero-order chi connectivity index (χ0) is 15.8. The fraction of sp³-hybridized carbons (Fsp3) is 0.357. The van der Waals surface area contributed by atoms with Gasteiger partial charge in [0.25, 0.3) is 0 Å². The third-order valence-corrected chi connectivity index (χ3v) is 2.61. The van der Waals surface area contributed by atoms with Crippen molar-refractivity contribution in [2.75, 3.05) is 0 Å². The quantitative estimate of drug-likeness (QED) is 0.860. The second kappa shape index (κ2) is 5.16. The monoisotopic (exact) mass is 293 g/mol. The summed E-state index contributed by atoms with van der Waals surface area (Å²) in [5.74, 6) is -1.65. The van der Waals surface area contributed by atoms with Gasteiger partial charge in [-0.15, -0.1) is 0 Å². The molecule has 2 aromatic rings. The van der Waals surface area contributed by atoms with Gasteiger partial charge in [0, 0.05) is 13.1 Å². The summed E-state index contributed by atoms with van der Waals surface area (Å²) >= 11 is 0. The van der Waals surface area contributed by atoms with Crippen LogP contribution in [0.25, 0.3) is 11.3 Å². The number of esters is 1. The zero-order valence-corrected chi connectivity index (χ0v) is 12.2. The standard InChI is InChI=1S/C14H16FN3O3/c1-14(2,3)21-13(20)12-9(7-17-18(12)4)11-10(15)5-8(19)6-16-11/h5-7,19H,1-4H3. The van der Waals surface area contributed by atoms with Crippen LogP contribution in [0, 0.1) is 5.82 Å². The maximum atomic E-state index is 13.9. The molecule has 0 aliphatic heterocycles. The van der Waals surface area contributed by atoms with Gasteiger partial charge in [-0.3, -0.25) is 4.68 Å². The van der Waals surface area contributed by atoms with E-state index in [1.165, 1.54) is 10.9 Å². The Morgan fingerprint density at radius 2 is 2.05 bits per heavy atom. The Bertz CT molecular complexity index is 689. The van der Waals surface area contributed by atoms with E-state index in [-0.39, 0.29) is 22.7 Å². The van der Waals surface area contributed by atoms with E-state index in [0.717, 1.165) is 12.3 Å². The van der Waals surface area contributed by atoms with Gasteiger partial charge in [0.1, 0.15) is 17.0 Å². The first kappa shape index (κ1) is 15.0. The first-order valence-corrected chi connectivity index (χ1v) is 6.29. The van der Waals surface area contributed by atoms with Crippen molar-refractivity contribution >= 4 is 5.97 Å². The number of aromatic nitrogens is 3. The minimum absolute atomic E-state index is 0.0678. The molecule has 21 heavy (non-hydrogen) atoms. The summed E-state index contributed by atoms with van der Waals surface area (Å²) < 4.78 is 20.5. The first-order valence-electron chi connectivity index (χ1n) is 6.29. The Hall–Kier alpha value is -2.44. The molecule has 2 aromatic heterocycles. The lowest BCUT2D eigenvalue weighted by Crippen LogP contribution is -2.25. The lowest BCUT2D eigenvalue weighted by molar-refractivity contribution is 0.00585. The van der Waals surface area contributed by atoms with Crippen molar-refractivity contribution in [2.24, 2.45) is 7.05 Å². The molecule has 0 unspecified atom stereocenters. The number of carbonyl (C=O) groups excluding carboxylic acids is 1. The molecular weight excluding hydrogens is 277 g/mol. The number of halogens is 1. The fourth-order valence-electron chi connectivity index (χ4n) is 1.81. The number of aromatic hydroxyl groups is 1. The van der Waals surface area contributed by atoms with Gasteiger partial charge in [-0.25, -0.2) is 14.2 Å². The third kappa shape index (κ3) is 3.18. The van der Waals surface area contributed by atoms with Crippen LogP contribution < -0.4 is 0 Å². The van der Waals surface area contributed by atoms with Gasteiger partial charge in [-0.05, 0) is 20.8 Å². The van der Waals surface area contributed by atoms with Crippen LogP contribution in [0.3, 0.4) is 0 Å². The Labute approximate surface area is 121 Å². The van der Waals surface area contributed by atoms with E-state index < -0.39 is 17.4 Å². The predicted octanol–water partition coefficient (Wildman–Crippen LogP) is 2.28. The Balaban J connectivity index is 2.50. The number of ether oxygens (including phenoxy) is 1. The molecule has 7 heteroatoms. The average Bonchev–Trinajstić information content (AvgIpc) is 2.68. The van der Waals surface area contributed by atoms with Crippen LogP contribution in [0.15, 0.2) is 18.5 Å². The molecule has 0 aromatic carbocycles. The highest BCUT2D eigenvalue weighted by Crippen LogP contribution is 2.27. The Kier molecular flexibility index (Phi) is 3.67. The molecule has 0 aliphatic carbocycles. The summed E-state index contributed by atoms with van der Waals surface area (Å²) in [6.45, 7) is 5.21. The molecule has 112 valence electrons. The summed E-state index contributed by atoms with van der Waals surface area (Å²) in [5.41, 5.74) is -0.437. The van der Waals surface area contributed by atoms with Crippen LogP contribution in [0.2, 0.25) is 0 Å². The Morgan fingerprint density at radius 1 is 1.38 bits per heavy atom. The van der Waals surface area contributed by atoms with E-state index in [0.29, 0.717) is 0 Å². The summed E-state index contributed by atoms with van der Waals surface area (Å²) in [5, 5.41) is 13.2. The van der Waals surface area contributed by atoms with Gasteiger partial charge in [0.15, 0.2) is 11.5 Å². The van der Waals surface area contributed by atoms with Gasteiger partial charge < -0.3 is 9.84 Å². The highest BCUT2D eigenvalue weighted by atomic mass is 19.1. The number of rotatable bonds is 2. The molecular formula is C14H16FN3O3. The lowest BCUT2D eigenvalue weighted by atomic mass is 10.1. The maximum absolute atomic E-state index is 13.9. The molecule has 0 fully saturated rings. The second-order valence-electron chi connectivity index (χ2n) is 5.56. The zero-order valence-electron chi connectivity index (χ0n) is 12.2. The van der Waals surface area contributed by atoms with Gasteiger partial charge in [0.2, 0.25) is 0 Å². The molecule has 1 N–H and O–H groups in total. The molecule has 0 amide bonds. The summed E-state index contributed by atoms with van der Waals surface area (Å²) in [6, 6.07) is 0.925. The molecule has 0 aliphatic rings. The van der Waals surface area contributed by atoms with E-state index >= 15 is 0 Å². The number of carbonyl (C=O) groups is 1. The van der Waals surface area contributed by atoms with Gasteiger partial charge in [0.05, 0.1) is 18.0 Å². The summed E-state index contributed by atoms with van der Waals surface area (Å²) in [6.07, 6.45) is 2.44. The smallest absolute Gasteiger partial charge is 0.357 e. The summed E-state index contributed by atoms with van der Waals surface area (Å²) in [4.78, 5) is 16.0. The normalized spacial score (nSPS) is 11.5. The molecule has 6 nitrogen and oxygen atoms in total. The van der Waals surface area contributed by atoms with Crippen LogP contribution in [-0.4, -0.2) is 31.4 Å². The van der Waals surface area contributed by atoms with Crippen molar-refractivity contribution in [1.29, 1.82) is 0 Å². The van der Waals surface area contributed by atoms with Gasteiger partial charge in [-0.2, -0.15) is 5.10 Å².